The van der Waals surface area contributed by atoms with Crippen molar-refractivity contribution in [2.45, 2.75) is 27.2 Å². The number of anilines is 1. The molecule has 2 amide bonds. The number of aryl methyl sites for hydroxylation is 1. The lowest BCUT2D eigenvalue weighted by Crippen LogP contribution is -2.42. The summed E-state index contributed by atoms with van der Waals surface area (Å²) in [5.41, 5.74) is 3.78. The van der Waals surface area contributed by atoms with Crippen molar-refractivity contribution in [2.75, 3.05) is 18.0 Å². The molecule has 2 aromatic carbocycles. The van der Waals surface area contributed by atoms with Crippen molar-refractivity contribution in [1.82, 2.24) is 10.2 Å². The topological polar surface area (TPSA) is 52.7 Å². The third kappa shape index (κ3) is 4.54. The highest BCUT2D eigenvalue weighted by Crippen LogP contribution is 2.24. The molecule has 0 spiro atoms. The lowest BCUT2D eigenvalue weighted by molar-refractivity contribution is -0.113. The molecule has 4 rings (SSSR count). The minimum Gasteiger partial charge on any atom is -0.338 e. The second-order valence-electron chi connectivity index (χ2n) is 8.74. The van der Waals surface area contributed by atoms with Crippen LogP contribution in [0.3, 0.4) is 0 Å². The number of likely N-dealkylation sites (tertiary alicyclic amines) is 1. The van der Waals surface area contributed by atoms with Gasteiger partial charge in [0, 0.05) is 18.7 Å². The van der Waals surface area contributed by atoms with Crippen LogP contribution in [0.5, 0.6) is 0 Å². The lowest BCUT2D eigenvalue weighted by Gasteiger charge is -2.35. The highest BCUT2D eigenvalue weighted by atomic mass is 32.1. The molecular weight excluding hydrogens is 406 g/mol. The van der Waals surface area contributed by atoms with E-state index in [-0.39, 0.29) is 11.8 Å². The smallest absolute Gasteiger partial charge is 0.281 e. The van der Waals surface area contributed by atoms with Crippen LogP contribution in [-0.4, -0.2) is 34.9 Å². The minimum absolute atomic E-state index is 0.0689. The van der Waals surface area contributed by atoms with Crippen molar-refractivity contribution in [3.63, 3.8) is 0 Å². The van der Waals surface area contributed by atoms with Gasteiger partial charge in [0.25, 0.3) is 11.8 Å². The van der Waals surface area contributed by atoms with Crippen molar-refractivity contribution in [3.8, 4) is 0 Å². The van der Waals surface area contributed by atoms with E-state index in [0.717, 1.165) is 29.9 Å². The van der Waals surface area contributed by atoms with Crippen molar-refractivity contribution >= 4 is 40.9 Å². The van der Waals surface area contributed by atoms with Crippen molar-refractivity contribution < 1.29 is 9.59 Å². The molecule has 2 atom stereocenters. The number of carbonyl (C=O) groups is 2. The number of thiocarbonyl (C=S) groups is 1. The standard InChI is InChI=1S/C25H27N3O2S/c1-16-4-10-21(11-5-16)28-24(30)22(26-25(28)31)13-19-6-8-20(9-7-19)23(29)27-14-17(2)12-18(3)15-27/h4-11,13,17-18H,12,14-15H2,1-3H3,(H,26,31)/b22-13-/t17-,18+. The first-order valence-electron chi connectivity index (χ1n) is 10.6. The van der Waals surface area contributed by atoms with Gasteiger partial charge in [-0.2, -0.15) is 0 Å². The SMILES string of the molecule is Cc1ccc(N2C(=O)/C(=C/c3ccc(C(=O)N4C[C@H](C)C[C@H](C)C4)cc3)NC2=S)cc1. The van der Waals surface area contributed by atoms with E-state index in [1.165, 1.54) is 11.3 Å². The summed E-state index contributed by atoms with van der Waals surface area (Å²) in [6.45, 7) is 8.00. The van der Waals surface area contributed by atoms with E-state index in [4.69, 9.17) is 12.2 Å². The Kier molecular flexibility index (Phi) is 5.92. The molecule has 0 aromatic heterocycles. The van der Waals surface area contributed by atoms with Crippen molar-refractivity contribution in [2.24, 2.45) is 11.8 Å². The summed E-state index contributed by atoms with van der Waals surface area (Å²) in [4.78, 5) is 29.2. The Hall–Kier alpha value is -2.99. The lowest BCUT2D eigenvalue weighted by atomic mass is 9.91. The predicted molar refractivity (Wildman–Crippen MR) is 128 cm³/mol. The maximum Gasteiger partial charge on any atom is 0.281 e. The quantitative estimate of drug-likeness (QED) is 0.577. The molecule has 2 aromatic rings. The number of amides is 2. The van der Waals surface area contributed by atoms with Crippen LogP contribution in [0.15, 0.2) is 54.2 Å². The highest BCUT2D eigenvalue weighted by Gasteiger charge is 2.32. The zero-order valence-corrected chi connectivity index (χ0v) is 18.9. The number of nitrogens with zero attached hydrogens (tertiary/aromatic N) is 2. The van der Waals surface area contributed by atoms with Crippen LogP contribution in [0.4, 0.5) is 5.69 Å². The molecule has 2 saturated heterocycles. The molecule has 31 heavy (non-hydrogen) atoms. The van der Waals surface area contributed by atoms with Gasteiger partial charge in [-0.3, -0.25) is 14.5 Å². The summed E-state index contributed by atoms with van der Waals surface area (Å²) >= 11 is 5.37. The first kappa shape index (κ1) is 21.2. The fraction of sp³-hybridized carbons (Fsp3) is 0.320. The second kappa shape index (κ2) is 8.63. The first-order valence-corrected chi connectivity index (χ1v) is 11.1. The summed E-state index contributed by atoms with van der Waals surface area (Å²) < 4.78 is 0. The van der Waals surface area contributed by atoms with Crippen LogP contribution < -0.4 is 10.2 Å². The summed E-state index contributed by atoms with van der Waals surface area (Å²) in [5, 5.41) is 3.37. The van der Waals surface area contributed by atoms with Gasteiger partial charge in [0.1, 0.15) is 5.70 Å². The van der Waals surface area contributed by atoms with E-state index in [2.05, 4.69) is 19.2 Å². The molecule has 2 fully saturated rings. The van der Waals surface area contributed by atoms with E-state index < -0.39 is 0 Å². The molecule has 0 unspecified atom stereocenters. The predicted octanol–water partition coefficient (Wildman–Crippen LogP) is 4.38. The molecule has 0 aliphatic carbocycles. The zero-order valence-electron chi connectivity index (χ0n) is 18.1. The van der Waals surface area contributed by atoms with Gasteiger partial charge < -0.3 is 10.2 Å². The van der Waals surface area contributed by atoms with Gasteiger partial charge in [-0.25, -0.2) is 0 Å². The van der Waals surface area contributed by atoms with Crippen LogP contribution in [0.2, 0.25) is 0 Å². The molecule has 0 bridgehead atoms. The largest absolute Gasteiger partial charge is 0.338 e. The third-order valence-corrected chi connectivity index (χ3v) is 6.08. The number of benzene rings is 2. The van der Waals surface area contributed by atoms with Crippen LogP contribution in [0.25, 0.3) is 6.08 Å². The van der Waals surface area contributed by atoms with E-state index >= 15 is 0 Å². The zero-order chi connectivity index (χ0) is 22.1. The normalized spacial score (nSPS) is 22.7. The van der Waals surface area contributed by atoms with Crippen molar-refractivity contribution in [1.29, 1.82) is 0 Å². The Morgan fingerprint density at radius 1 is 1.03 bits per heavy atom. The molecule has 160 valence electrons. The number of hydrogen-bond acceptors (Lipinski definition) is 3. The maximum atomic E-state index is 12.9. The Labute approximate surface area is 188 Å². The Morgan fingerprint density at radius 2 is 1.65 bits per heavy atom. The van der Waals surface area contributed by atoms with Gasteiger partial charge in [-0.15, -0.1) is 0 Å². The first-order chi connectivity index (χ1) is 14.8. The molecule has 0 saturated carbocycles. The molecule has 1 N–H and O–H groups in total. The van der Waals surface area contributed by atoms with Crippen LogP contribution in [-0.2, 0) is 4.79 Å². The van der Waals surface area contributed by atoms with Crippen LogP contribution >= 0.6 is 12.2 Å². The number of rotatable bonds is 3. The summed E-state index contributed by atoms with van der Waals surface area (Å²) in [7, 11) is 0. The minimum atomic E-state index is -0.190. The average Bonchev–Trinajstić information content (AvgIpc) is 3.01. The van der Waals surface area contributed by atoms with Crippen LogP contribution in [0.1, 0.15) is 41.8 Å². The Balaban J connectivity index is 1.49. The monoisotopic (exact) mass is 433 g/mol. The second-order valence-corrected chi connectivity index (χ2v) is 9.13. The number of carbonyl (C=O) groups excluding carboxylic acids is 2. The van der Waals surface area contributed by atoms with Crippen molar-refractivity contribution in [3.05, 3.63) is 70.9 Å². The number of piperidine rings is 1. The highest BCUT2D eigenvalue weighted by molar-refractivity contribution is 7.80. The van der Waals surface area contributed by atoms with Gasteiger partial charge in [-0.1, -0.05) is 43.7 Å². The summed E-state index contributed by atoms with van der Waals surface area (Å²) in [6, 6.07) is 15.0. The van der Waals surface area contributed by atoms with E-state index in [0.29, 0.717) is 28.2 Å². The fourth-order valence-electron chi connectivity index (χ4n) is 4.36. The molecule has 6 heteroatoms. The third-order valence-electron chi connectivity index (χ3n) is 5.80. The molecule has 5 nitrogen and oxygen atoms in total. The van der Waals surface area contributed by atoms with E-state index in [1.54, 1.807) is 6.08 Å². The van der Waals surface area contributed by atoms with Crippen LogP contribution in [0, 0.1) is 18.8 Å². The van der Waals surface area contributed by atoms with Gasteiger partial charge in [0.2, 0.25) is 0 Å². The Morgan fingerprint density at radius 3 is 2.26 bits per heavy atom. The maximum absolute atomic E-state index is 12.9. The van der Waals surface area contributed by atoms with E-state index in [9.17, 15) is 9.59 Å². The molecule has 0 radical (unpaired) electrons. The molecular formula is C25H27N3O2S. The molecule has 2 aliphatic rings. The summed E-state index contributed by atoms with van der Waals surface area (Å²) in [6.07, 6.45) is 2.93. The molecule has 2 aliphatic heterocycles. The Bertz CT molecular complexity index is 1030. The van der Waals surface area contributed by atoms with E-state index in [1.807, 2.05) is 60.4 Å². The van der Waals surface area contributed by atoms with Gasteiger partial charge >= 0.3 is 0 Å². The number of nitrogens with one attached hydrogen (secondary N) is 1. The molecule has 2 heterocycles. The number of hydrogen-bond donors (Lipinski definition) is 1. The van der Waals surface area contributed by atoms with Gasteiger partial charge in [0.05, 0.1) is 5.69 Å². The fourth-order valence-corrected chi connectivity index (χ4v) is 4.66. The summed E-state index contributed by atoms with van der Waals surface area (Å²) in [5.74, 6) is 0.928. The van der Waals surface area contributed by atoms with Gasteiger partial charge in [-0.05, 0) is 73.3 Å². The average molecular weight is 434 g/mol. The van der Waals surface area contributed by atoms with Gasteiger partial charge in [0.15, 0.2) is 5.11 Å².